The molecule has 3 heteroatoms. The zero-order chi connectivity index (χ0) is 13.9. The van der Waals surface area contributed by atoms with Crippen LogP contribution in [0.2, 0.25) is 0 Å². The van der Waals surface area contributed by atoms with E-state index < -0.39 is 0 Å². The third kappa shape index (κ3) is 2.58. The molecule has 106 valence electrons. The number of aryl methyl sites for hydroxylation is 1. The van der Waals surface area contributed by atoms with Crippen LogP contribution in [0.3, 0.4) is 0 Å². The summed E-state index contributed by atoms with van der Waals surface area (Å²) in [6, 6.07) is 8.44. The van der Waals surface area contributed by atoms with Gasteiger partial charge in [-0.05, 0) is 25.3 Å². The van der Waals surface area contributed by atoms with Gasteiger partial charge in [0.2, 0.25) is 5.88 Å². The fourth-order valence-electron chi connectivity index (χ4n) is 3.16. The van der Waals surface area contributed by atoms with Gasteiger partial charge in [-0.2, -0.15) is 0 Å². The molecule has 1 aromatic heterocycles. The number of nitrogens with zero attached hydrogens (tertiary/aromatic N) is 1. The molecule has 2 N–H and O–H groups in total. The van der Waals surface area contributed by atoms with E-state index in [1.165, 1.54) is 44.1 Å². The number of hydrogen-bond acceptors (Lipinski definition) is 3. The number of rotatable bonds is 2. The van der Waals surface area contributed by atoms with E-state index in [9.17, 15) is 0 Å². The quantitative estimate of drug-likeness (QED) is 0.807. The van der Waals surface area contributed by atoms with Crippen molar-refractivity contribution in [3.8, 4) is 11.1 Å². The van der Waals surface area contributed by atoms with Gasteiger partial charge in [0.25, 0.3) is 0 Å². The number of hydrogen-bond donors (Lipinski definition) is 1. The SMILES string of the molecule is Cc1ccc(-c2c(C3CCCCCC3)noc2N)cc1. The third-order valence-electron chi connectivity index (χ3n) is 4.33. The van der Waals surface area contributed by atoms with Crippen LogP contribution in [0.1, 0.15) is 55.7 Å². The molecule has 1 aliphatic carbocycles. The highest BCUT2D eigenvalue weighted by molar-refractivity contribution is 5.75. The zero-order valence-electron chi connectivity index (χ0n) is 12.1. The topological polar surface area (TPSA) is 52.0 Å². The Morgan fingerprint density at radius 3 is 2.35 bits per heavy atom. The number of nitrogen functional groups attached to an aromatic ring is 1. The molecule has 0 amide bonds. The largest absolute Gasteiger partial charge is 0.367 e. The molecule has 0 bridgehead atoms. The maximum Gasteiger partial charge on any atom is 0.230 e. The number of benzene rings is 1. The van der Waals surface area contributed by atoms with Crippen molar-refractivity contribution in [2.75, 3.05) is 5.73 Å². The Kier molecular flexibility index (Phi) is 3.77. The lowest BCUT2D eigenvalue weighted by atomic mass is 9.91. The van der Waals surface area contributed by atoms with E-state index in [1.54, 1.807) is 0 Å². The molecule has 3 rings (SSSR count). The summed E-state index contributed by atoms with van der Waals surface area (Å²) in [5, 5.41) is 4.28. The van der Waals surface area contributed by atoms with Crippen LogP contribution in [0, 0.1) is 6.92 Å². The first-order valence-corrected chi connectivity index (χ1v) is 7.58. The van der Waals surface area contributed by atoms with Crippen molar-refractivity contribution in [2.24, 2.45) is 0 Å². The second-order valence-corrected chi connectivity index (χ2v) is 5.86. The van der Waals surface area contributed by atoms with Crippen molar-refractivity contribution in [1.29, 1.82) is 0 Å². The molecule has 0 saturated heterocycles. The number of aromatic nitrogens is 1. The van der Waals surface area contributed by atoms with Crippen molar-refractivity contribution in [2.45, 2.75) is 51.4 Å². The predicted molar refractivity (Wildman–Crippen MR) is 81.5 cm³/mol. The van der Waals surface area contributed by atoms with Crippen molar-refractivity contribution < 1.29 is 4.52 Å². The van der Waals surface area contributed by atoms with Crippen molar-refractivity contribution in [3.05, 3.63) is 35.5 Å². The average Bonchev–Trinajstić information content (AvgIpc) is 2.67. The third-order valence-corrected chi connectivity index (χ3v) is 4.33. The molecule has 0 radical (unpaired) electrons. The van der Waals surface area contributed by atoms with Gasteiger partial charge in [-0.1, -0.05) is 60.7 Å². The van der Waals surface area contributed by atoms with Crippen LogP contribution in [-0.2, 0) is 0 Å². The summed E-state index contributed by atoms with van der Waals surface area (Å²) in [6.07, 6.45) is 7.64. The minimum absolute atomic E-state index is 0.452. The van der Waals surface area contributed by atoms with E-state index >= 15 is 0 Å². The fraction of sp³-hybridized carbons (Fsp3) is 0.471. The first-order valence-electron chi connectivity index (χ1n) is 7.58. The molecule has 20 heavy (non-hydrogen) atoms. The molecule has 0 aliphatic heterocycles. The van der Waals surface area contributed by atoms with Crippen molar-refractivity contribution >= 4 is 5.88 Å². The minimum atomic E-state index is 0.452. The lowest BCUT2D eigenvalue weighted by Crippen LogP contribution is -2.00. The fourth-order valence-corrected chi connectivity index (χ4v) is 3.16. The molecule has 0 atom stereocenters. The lowest BCUT2D eigenvalue weighted by Gasteiger charge is -2.12. The molecule has 3 nitrogen and oxygen atoms in total. The van der Waals surface area contributed by atoms with E-state index in [2.05, 4.69) is 36.3 Å². The Bertz CT molecular complexity index is 563. The van der Waals surface area contributed by atoms with Crippen LogP contribution in [0.5, 0.6) is 0 Å². The Morgan fingerprint density at radius 2 is 1.70 bits per heavy atom. The summed E-state index contributed by atoms with van der Waals surface area (Å²) in [7, 11) is 0. The standard InChI is InChI=1S/C17H22N2O/c1-12-8-10-13(11-9-12)15-16(19-20-17(15)18)14-6-4-2-3-5-7-14/h8-11,14H,2-7,18H2,1H3. The predicted octanol–water partition coefficient (Wildman–Crippen LogP) is 4.67. The van der Waals surface area contributed by atoms with Gasteiger partial charge in [-0.3, -0.25) is 0 Å². The highest BCUT2D eigenvalue weighted by Crippen LogP contribution is 2.39. The van der Waals surface area contributed by atoms with Crippen LogP contribution >= 0.6 is 0 Å². The van der Waals surface area contributed by atoms with Gasteiger partial charge in [0, 0.05) is 5.92 Å². The van der Waals surface area contributed by atoms with Crippen LogP contribution in [0.15, 0.2) is 28.8 Å². The molecular weight excluding hydrogens is 248 g/mol. The first-order chi connectivity index (χ1) is 9.75. The Labute approximate surface area is 120 Å². The van der Waals surface area contributed by atoms with Gasteiger partial charge in [0.1, 0.15) is 0 Å². The molecule has 1 saturated carbocycles. The van der Waals surface area contributed by atoms with Gasteiger partial charge in [-0.25, -0.2) is 0 Å². The first kappa shape index (κ1) is 13.2. The van der Waals surface area contributed by atoms with Gasteiger partial charge in [0.05, 0.1) is 11.3 Å². The summed E-state index contributed by atoms with van der Waals surface area (Å²) in [4.78, 5) is 0. The minimum Gasteiger partial charge on any atom is -0.367 e. The summed E-state index contributed by atoms with van der Waals surface area (Å²) < 4.78 is 5.30. The molecule has 1 heterocycles. The monoisotopic (exact) mass is 270 g/mol. The zero-order valence-corrected chi connectivity index (χ0v) is 12.1. The number of nitrogens with two attached hydrogens (primary N) is 1. The van der Waals surface area contributed by atoms with Crippen LogP contribution in [0.4, 0.5) is 5.88 Å². The van der Waals surface area contributed by atoms with Crippen molar-refractivity contribution in [3.63, 3.8) is 0 Å². The summed E-state index contributed by atoms with van der Waals surface area (Å²) in [5.74, 6) is 0.947. The maximum absolute atomic E-state index is 6.03. The molecular formula is C17H22N2O. The summed E-state index contributed by atoms with van der Waals surface area (Å²) in [5.41, 5.74) is 10.5. The van der Waals surface area contributed by atoms with E-state index in [-0.39, 0.29) is 0 Å². The molecule has 1 aliphatic rings. The lowest BCUT2D eigenvalue weighted by molar-refractivity contribution is 0.413. The Hall–Kier alpha value is -1.77. The van der Waals surface area contributed by atoms with E-state index in [0.29, 0.717) is 11.8 Å². The second-order valence-electron chi connectivity index (χ2n) is 5.86. The Balaban J connectivity index is 1.98. The van der Waals surface area contributed by atoms with Crippen LogP contribution < -0.4 is 5.73 Å². The van der Waals surface area contributed by atoms with Gasteiger partial charge in [0.15, 0.2) is 0 Å². The number of anilines is 1. The highest BCUT2D eigenvalue weighted by Gasteiger charge is 2.24. The van der Waals surface area contributed by atoms with E-state index in [0.717, 1.165) is 16.8 Å². The van der Waals surface area contributed by atoms with Crippen LogP contribution in [-0.4, -0.2) is 5.16 Å². The molecule has 1 fully saturated rings. The van der Waals surface area contributed by atoms with E-state index in [1.807, 2.05) is 0 Å². The summed E-state index contributed by atoms with van der Waals surface area (Å²) >= 11 is 0. The molecule has 0 spiro atoms. The van der Waals surface area contributed by atoms with Gasteiger partial charge in [-0.15, -0.1) is 0 Å². The van der Waals surface area contributed by atoms with E-state index in [4.69, 9.17) is 10.3 Å². The maximum atomic E-state index is 6.03. The Morgan fingerprint density at radius 1 is 1.05 bits per heavy atom. The summed E-state index contributed by atoms with van der Waals surface area (Å²) in [6.45, 7) is 2.09. The van der Waals surface area contributed by atoms with Gasteiger partial charge >= 0.3 is 0 Å². The molecule has 1 aromatic carbocycles. The van der Waals surface area contributed by atoms with Gasteiger partial charge < -0.3 is 10.3 Å². The normalized spacial score (nSPS) is 17.1. The molecule has 0 unspecified atom stereocenters. The molecule has 2 aromatic rings. The average molecular weight is 270 g/mol. The second kappa shape index (κ2) is 5.70. The van der Waals surface area contributed by atoms with Crippen LogP contribution in [0.25, 0.3) is 11.1 Å². The highest BCUT2D eigenvalue weighted by atomic mass is 16.5. The smallest absolute Gasteiger partial charge is 0.230 e. The van der Waals surface area contributed by atoms with Crippen molar-refractivity contribution in [1.82, 2.24) is 5.16 Å².